The van der Waals surface area contributed by atoms with E-state index in [1.54, 1.807) is 13.3 Å². The van der Waals surface area contributed by atoms with Crippen molar-refractivity contribution in [3.63, 3.8) is 0 Å². The molecule has 1 aliphatic carbocycles. The molecule has 3 rings (SSSR count). The fourth-order valence-electron chi connectivity index (χ4n) is 3.79. The van der Waals surface area contributed by atoms with Gasteiger partial charge in [0.1, 0.15) is 11.6 Å². The molecule has 0 amide bonds. The third kappa shape index (κ3) is 3.66. The minimum atomic E-state index is 0.683. The Morgan fingerprint density at radius 3 is 2.61 bits per heavy atom. The van der Waals surface area contributed by atoms with Gasteiger partial charge in [-0.2, -0.15) is 0 Å². The second-order valence-electron chi connectivity index (χ2n) is 6.70. The molecule has 0 radical (unpaired) electrons. The number of nitrogens with zero attached hydrogens (tertiary/aromatic N) is 1. The number of nitrogens with two attached hydrogens (primary N) is 1. The van der Waals surface area contributed by atoms with Gasteiger partial charge in [-0.05, 0) is 79.7 Å². The molecule has 1 fully saturated rings. The van der Waals surface area contributed by atoms with Gasteiger partial charge < -0.3 is 10.5 Å². The molecule has 0 aliphatic heterocycles. The molecule has 1 heterocycles. The summed E-state index contributed by atoms with van der Waals surface area (Å²) in [6, 6.07) is 10.7. The van der Waals surface area contributed by atoms with Crippen molar-refractivity contribution in [2.45, 2.75) is 44.9 Å². The topological polar surface area (TPSA) is 48.1 Å². The molecule has 2 N–H and O–H groups in total. The van der Waals surface area contributed by atoms with E-state index in [0.29, 0.717) is 11.7 Å². The normalized spacial score (nSPS) is 21.1. The first-order valence-corrected chi connectivity index (χ1v) is 8.51. The zero-order chi connectivity index (χ0) is 16.2. The Morgan fingerprint density at radius 2 is 1.96 bits per heavy atom. The highest BCUT2D eigenvalue weighted by Crippen LogP contribution is 2.38. The highest BCUT2D eigenvalue weighted by Gasteiger charge is 2.23. The first-order chi connectivity index (χ1) is 11.2. The van der Waals surface area contributed by atoms with Crippen LogP contribution >= 0.6 is 0 Å². The molecule has 2 aromatic rings. The van der Waals surface area contributed by atoms with Gasteiger partial charge in [-0.15, -0.1) is 0 Å². The van der Waals surface area contributed by atoms with Crippen molar-refractivity contribution in [2.75, 3.05) is 12.8 Å². The van der Waals surface area contributed by atoms with E-state index in [4.69, 9.17) is 10.5 Å². The van der Waals surface area contributed by atoms with Gasteiger partial charge in [0.15, 0.2) is 0 Å². The van der Waals surface area contributed by atoms with Crippen molar-refractivity contribution in [1.29, 1.82) is 0 Å². The largest absolute Gasteiger partial charge is 0.496 e. The Hall–Kier alpha value is -2.03. The summed E-state index contributed by atoms with van der Waals surface area (Å²) < 4.78 is 5.36. The highest BCUT2D eigenvalue weighted by molar-refractivity contribution is 5.39. The van der Waals surface area contributed by atoms with E-state index in [9.17, 15) is 0 Å². The lowest BCUT2D eigenvalue weighted by Crippen LogP contribution is -2.16. The summed E-state index contributed by atoms with van der Waals surface area (Å²) in [5.74, 6) is 3.09. The van der Waals surface area contributed by atoms with Crippen LogP contribution in [0.15, 0.2) is 36.5 Å². The Labute approximate surface area is 138 Å². The van der Waals surface area contributed by atoms with E-state index in [0.717, 1.165) is 18.1 Å². The average Bonchev–Trinajstić information content (AvgIpc) is 2.57. The summed E-state index contributed by atoms with van der Waals surface area (Å²) in [5.41, 5.74) is 9.87. The molecule has 3 nitrogen and oxygen atoms in total. The summed E-state index contributed by atoms with van der Waals surface area (Å²) in [6.45, 7) is 2.12. The molecule has 0 saturated heterocycles. The number of hydrogen-bond acceptors (Lipinski definition) is 3. The maximum Gasteiger partial charge on any atom is 0.126 e. The van der Waals surface area contributed by atoms with Crippen molar-refractivity contribution < 1.29 is 4.74 Å². The average molecular weight is 310 g/mol. The quantitative estimate of drug-likeness (QED) is 0.904. The van der Waals surface area contributed by atoms with Crippen molar-refractivity contribution in [1.82, 2.24) is 4.98 Å². The summed E-state index contributed by atoms with van der Waals surface area (Å²) in [4.78, 5) is 4.20. The van der Waals surface area contributed by atoms with Crippen molar-refractivity contribution >= 4 is 5.82 Å². The minimum absolute atomic E-state index is 0.683. The van der Waals surface area contributed by atoms with Crippen LogP contribution in [0.5, 0.6) is 5.75 Å². The molecule has 0 spiro atoms. The fourth-order valence-corrected chi connectivity index (χ4v) is 3.79. The molecule has 3 heteroatoms. The number of ether oxygens (including phenoxy) is 1. The van der Waals surface area contributed by atoms with Crippen molar-refractivity contribution in [3.8, 4) is 5.75 Å². The fraction of sp³-hybridized carbons (Fsp3) is 0.450. The van der Waals surface area contributed by atoms with E-state index >= 15 is 0 Å². The Morgan fingerprint density at radius 1 is 1.17 bits per heavy atom. The second-order valence-corrected chi connectivity index (χ2v) is 6.70. The molecular formula is C20H26N2O. The molecule has 122 valence electrons. The Kier molecular flexibility index (Phi) is 4.85. The van der Waals surface area contributed by atoms with E-state index in [1.165, 1.54) is 42.4 Å². The molecular weight excluding hydrogens is 284 g/mol. The number of anilines is 1. The van der Waals surface area contributed by atoms with Gasteiger partial charge in [0.2, 0.25) is 0 Å². The van der Waals surface area contributed by atoms with Crippen LogP contribution in [0.25, 0.3) is 0 Å². The van der Waals surface area contributed by atoms with Crippen LogP contribution in [-0.2, 0) is 6.42 Å². The van der Waals surface area contributed by atoms with Gasteiger partial charge in [-0.3, -0.25) is 0 Å². The molecule has 1 aromatic heterocycles. The Bertz CT molecular complexity index is 660. The summed E-state index contributed by atoms with van der Waals surface area (Å²) in [6.07, 6.45) is 7.89. The molecule has 0 atom stereocenters. The van der Waals surface area contributed by atoms with E-state index in [2.05, 4.69) is 36.2 Å². The number of benzene rings is 1. The molecule has 0 unspecified atom stereocenters. The monoisotopic (exact) mass is 310 g/mol. The molecule has 1 aliphatic rings. The lowest BCUT2D eigenvalue weighted by atomic mass is 9.76. The SMILES string of the molecule is COc1ccc(C2CCC(Cc3cccnc3N)CC2)cc1C. The van der Waals surface area contributed by atoms with Gasteiger partial charge in [0, 0.05) is 6.20 Å². The summed E-state index contributed by atoms with van der Waals surface area (Å²) >= 11 is 0. The van der Waals surface area contributed by atoms with Crippen LogP contribution in [-0.4, -0.2) is 12.1 Å². The first kappa shape index (κ1) is 15.9. The molecule has 23 heavy (non-hydrogen) atoms. The van der Waals surface area contributed by atoms with Crippen LogP contribution in [0.4, 0.5) is 5.82 Å². The summed E-state index contributed by atoms with van der Waals surface area (Å²) in [7, 11) is 1.73. The maximum absolute atomic E-state index is 5.98. The van der Waals surface area contributed by atoms with Gasteiger partial charge >= 0.3 is 0 Å². The van der Waals surface area contributed by atoms with Crippen LogP contribution < -0.4 is 10.5 Å². The number of methoxy groups -OCH3 is 1. The minimum Gasteiger partial charge on any atom is -0.496 e. The first-order valence-electron chi connectivity index (χ1n) is 8.51. The lowest BCUT2D eigenvalue weighted by molar-refractivity contribution is 0.324. The number of rotatable bonds is 4. The van der Waals surface area contributed by atoms with Gasteiger partial charge in [0.25, 0.3) is 0 Å². The summed E-state index contributed by atoms with van der Waals surface area (Å²) in [5, 5.41) is 0. The van der Waals surface area contributed by atoms with Crippen molar-refractivity contribution in [2.24, 2.45) is 5.92 Å². The third-order valence-corrected chi connectivity index (χ3v) is 5.17. The predicted octanol–water partition coefficient (Wildman–Crippen LogP) is 4.50. The van der Waals surface area contributed by atoms with Crippen LogP contribution in [0, 0.1) is 12.8 Å². The van der Waals surface area contributed by atoms with E-state index in [-0.39, 0.29) is 0 Å². The van der Waals surface area contributed by atoms with Crippen LogP contribution in [0.1, 0.15) is 48.3 Å². The maximum atomic E-state index is 5.98. The number of aryl methyl sites for hydroxylation is 1. The predicted molar refractivity (Wildman–Crippen MR) is 94.8 cm³/mol. The van der Waals surface area contributed by atoms with E-state index < -0.39 is 0 Å². The van der Waals surface area contributed by atoms with Crippen molar-refractivity contribution in [3.05, 3.63) is 53.2 Å². The van der Waals surface area contributed by atoms with Crippen LogP contribution in [0.2, 0.25) is 0 Å². The highest BCUT2D eigenvalue weighted by atomic mass is 16.5. The number of pyridine rings is 1. The number of nitrogen functional groups attached to an aromatic ring is 1. The molecule has 1 aromatic carbocycles. The third-order valence-electron chi connectivity index (χ3n) is 5.17. The zero-order valence-electron chi connectivity index (χ0n) is 14.1. The number of aromatic nitrogens is 1. The van der Waals surface area contributed by atoms with E-state index in [1.807, 2.05) is 6.07 Å². The molecule has 0 bridgehead atoms. The second kappa shape index (κ2) is 7.03. The molecule has 1 saturated carbocycles. The zero-order valence-corrected chi connectivity index (χ0v) is 14.1. The standard InChI is InChI=1S/C20H26N2O/c1-14-12-17(9-10-19(14)23-2)16-7-5-15(6-8-16)13-18-4-3-11-22-20(18)21/h3-4,9-12,15-16H,5-8,13H2,1-2H3,(H2,21,22). The Balaban J connectivity index is 1.60. The lowest BCUT2D eigenvalue weighted by Gasteiger charge is -2.29. The number of hydrogen-bond donors (Lipinski definition) is 1. The van der Waals surface area contributed by atoms with Gasteiger partial charge in [-0.25, -0.2) is 4.98 Å². The van der Waals surface area contributed by atoms with Gasteiger partial charge in [0.05, 0.1) is 7.11 Å². The van der Waals surface area contributed by atoms with Gasteiger partial charge in [-0.1, -0.05) is 18.2 Å². The van der Waals surface area contributed by atoms with Crippen LogP contribution in [0.3, 0.4) is 0 Å². The smallest absolute Gasteiger partial charge is 0.126 e.